The first kappa shape index (κ1) is 18.3. The number of hydrogen-bond donors (Lipinski definition) is 3. The number of amides is 1. The Hall–Kier alpha value is -3.45. The maximum atomic E-state index is 12.3. The van der Waals surface area contributed by atoms with Crippen molar-refractivity contribution in [1.29, 1.82) is 0 Å². The number of carboxylic acid groups (broad SMARTS) is 1. The molecule has 0 aliphatic rings. The highest BCUT2D eigenvalue weighted by molar-refractivity contribution is 7.80. The van der Waals surface area contributed by atoms with Gasteiger partial charge in [0.15, 0.2) is 10.9 Å². The summed E-state index contributed by atoms with van der Waals surface area (Å²) in [5, 5.41) is 14.3. The largest absolute Gasteiger partial charge is 0.478 e. The van der Waals surface area contributed by atoms with Crippen LogP contribution < -0.4 is 10.6 Å². The van der Waals surface area contributed by atoms with E-state index in [-0.39, 0.29) is 16.4 Å². The van der Waals surface area contributed by atoms with Crippen LogP contribution in [-0.4, -0.2) is 22.1 Å². The molecule has 0 fully saturated rings. The predicted octanol–water partition coefficient (Wildman–Crippen LogP) is 4.08. The monoisotopic (exact) mass is 380 g/mol. The van der Waals surface area contributed by atoms with Crippen molar-refractivity contribution < 1.29 is 19.1 Å². The summed E-state index contributed by atoms with van der Waals surface area (Å²) in [5.74, 6) is -0.852. The zero-order chi connectivity index (χ0) is 19.4. The molecule has 1 amide bonds. The topological polar surface area (TPSA) is 91.6 Å². The predicted molar refractivity (Wildman–Crippen MR) is 106 cm³/mol. The molecule has 0 unspecified atom stereocenters. The van der Waals surface area contributed by atoms with Gasteiger partial charge in [-0.3, -0.25) is 10.1 Å². The van der Waals surface area contributed by atoms with Gasteiger partial charge in [0.1, 0.15) is 5.76 Å². The van der Waals surface area contributed by atoms with Crippen molar-refractivity contribution in [3.05, 3.63) is 77.6 Å². The van der Waals surface area contributed by atoms with Crippen LogP contribution in [-0.2, 0) is 0 Å². The van der Waals surface area contributed by atoms with Gasteiger partial charge in [0.05, 0.1) is 5.56 Å². The molecule has 136 valence electrons. The Morgan fingerprint density at radius 1 is 1.04 bits per heavy atom. The molecule has 27 heavy (non-hydrogen) atoms. The Morgan fingerprint density at radius 2 is 1.78 bits per heavy atom. The highest BCUT2D eigenvalue weighted by Crippen LogP contribution is 2.22. The van der Waals surface area contributed by atoms with Crippen LogP contribution in [0.25, 0.3) is 11.3 Å². The minimum atomic E-state index is -1.05. The van der Waals surface area contributed by atoms with Gasteiger partial charge in [-0.05, 0) is 49.5 Å². The van der Waals surface area contributed by atoms with Crippen LogP contribution in [0.4, 0.5) is 5.69 Å². The van der Waals surface area contributed by atoms with Crippen LogP contribution >= 0.6 is 12.2 Å². The number of rotatable bonds is 4. The molecule has 0 bridgehead atoms. The standard InChI is InChI=1S/C20H16N2O4S/c1-12-5-7-13(8-6-12)16-9-10-17(26-16)18(23)22-20(27)21-15-4-2-3-14(11-15)19(24)25/h2-11H,1H3,(H,24,25)(H2,21,22,23,27). The number of nitrogens with one attached hydrogen (secondary N) is 2. The summed E-state index contributed by atoms with van der Waals surface area (Å²) in [7, 11) is 0. The molecular weight excluding hydrogens is 364 g/mol. The van der Waals surface area contributed by atoms with Gasteiger partial charge in [0.2, 0.25) is 0 Å². The van der Waals surface area contributed by atoms with Crippen LogP contribution in [0.2, 0.25) is 0 Å². The lowest BCUT2D eigenvalue weighted by Crippen LogP contribution is -2.33. The van der Waals surface area contributed by atoms with Gasteiger partial charge in [0, 0.05) is 11.3 Å². The molecular formula is C20H16N2O4S. The summed E-state index contributed by atoms with van der Waals surface area (Å²) in [6.07, 6.45) is 0. The van der Waals surface area contributed by atoms with Crippen molar-refractivity contribution in [2.24, 2.45) is 0 Å². The number of hydrogen-bond acceptors (Lipinski definition) is 4. The summed E-state index contributed by atoms with van der Waals surface area (Å²) in [6, 6.07) is 17.1. The first-order chi connectivity index (χ1) is 12.9. The average molecular weight is 380 g/mol. The van der Waals surface area contributed by atoms with E-state index in [1.807, 2.05) is 31.2 Å². The fourth-order valence-corrected chi connectivity index (χ4v) is 2.60. The van der Waals surface area contributed by atoms with Crippen molar-refractivity contribution in [2.45, 2.75) is 6.92 Å². The van der Waals surface area contributed by atoms with Crippen LogP contribution in [0.5, 0.6) is 0 Å². The smallest absolute Gasteiger partial charge is 0.335 e. The molecule has 1 aromatic heterocycles. The van der Waals surface area contributed by atoms with Gasteiger partial charge in [-0.1, -0.05) is 35.9 Å². The number of aryl methyl sites for hydroxylation is 1. The number of benzene rings is 2. The molecule has 0 aliphatic carbocycles. The van der Waals surface area contributed by atoms with E-state index in [9.17, 15) is 9.59 Å². The van der Waals surface area contributed by atoms with Crippen LogP contribution in [0.3, 0.4) is 0 Å². The van der Waals surface area contributed by atoms with Gasteiger partial charge < -0.3 is 14.8 Å². The number of carbonyl (C=O) groups excluding carboxylic acids is 1. The molecule has 0 spiro atoms. The van der Waals surface area contributed by atoms with Gasteiger partial charge in [-0.25, -0.2) is 4.79 Å². The summed E-state index contributed by atoms with van der Waals surface area (Å²) < 4.78 is 5.60. The Labute approximate surface area is 160 Å². The maximum absolute atomic E-state index is 12.3. The first-order valence-corrected chi connectivity index (χ1v) is 8.46. The van der Waals surface area contributed by atoms with Crippen LogP contribution in [0, 0.1) is 6.92 Å². The third-order valence-electron chi connectivity index (χ3n) is 3.76. The molecule has 0 saturated heterocycles. The van der Waals surface area contributed by atoms with E-state index in [1.165, 1.54) is 12.1 Å². The first-order valence-electron chi connectivity index (χ1n) is 8.05. The van der Waals surface area contributed by atoms with Crippen molar-refractivity contribution >= 4 is 34.9 Å². The van der Waals surface area contributed by atoms with E-state index < -0.39 is 11.9 Å². The molecule has 2 aromatic carbocycles. The summed E-state index contributed by atoms with van der Waals surface area (Å²) in [6.45, 7) is 1.99. The lowest BCUT2D eigenvalue weighted by molar-refractivity contribution is 0.0696. The van der Waals surface area contributed by atoms with Gasteiger partial charge in [0.25, 0.3) is 5.91 Å². The minimum Gasteiger partial charge on any atom is -0.478 e. The quantitative estimate of drug-likeness (QED) is 0.591. The number of anilines is 1. The third kappa shape index (κ3) is 4.59. The molecule has 0 atom stereocenters. The van der Waals surface area contributed by atoms with Crippen molar-refractivity contribution in [3.8, 4) is 11.3 Å². The van der Waals surface area contributed by atoms with E-state index in [2.05, 4.69) is 10.6 Å². The number of carboxylic acids is 1. The maximum Gasteiger partial charge on any atom is 0.335 e. The van der Waals surface area contributed by atoms with Crippen molar-refractivity contribution in [1.82, 2.24) is 5.32 Å². The molecule has 0 aliphatic heterocycles. The fraction of sp³-hybridized carbons (Fsp3) is 0.0500. The van der Waals surface area contributed by atoms with E-state index in [1.54, 1.807) is 24.3 Å². The molecule has 7 heteroatoms. The Kier molecular flexibility index (Phi) is 5.33. The minimum absolute atomic E-state index is 0.0378. The number of carbonyl (C=O) groups is 2. The van der Waals surface area contributed by atoms with Crippen LogP contribution in [0.1, 0.15) is 26.5 Å². The summed E-state index contributed by atoms with van der Waals surface area (Å²) >= 11 is 5.10. The summed E-state index contributed by atoms with van der Waals surface area (Å²) in [4.78, 5) is 23.3. The third-order valence-corrected chi connectivity index (χ3v) is 3.96. The number of aromatic carboxylic acids is 1. The Morgan fingerprint density at radius 3 is 2.48 bits per heavy atom. The van der Waals surface area contributed by atoms with Gasteiger partial charge in [-0.2, -0.15) is 0 Å². The van der Waals surface area contributed by atoms with E-state index in [0.29, 0.717) is 11.4 Å². The number of thiocarbonyl (C=S) groups is 1. The van der Waals surface area contributed by atoms with E-state index in [0.717, 1.165) is 11.1 Å². The van der Waals surface area contributed by atoms with Gasteiger partial charge >= 0.3 is 5.97 Å². The molecule has 3 aromatic rings. The van der Waals surface area contributed by atoms with Crippen molar-refractivity contribution in [2.75, 3.05) is 5.32 Å². The van der Waals surface area contributed by atoms with Crippen LogP contribution in [0.15, 0.2) is 65.1 Å². The number of furan rings is 1. The Balaban J connectivity index is 1.65. The lowest BCUT2D eigenvalue weighted by atomic mass is 10.1. The lowest BCUT2D eigenvalue weighted by Gasteiger charge is -2.09. The second kappa shape index (κ2) is 7.84. The second-order valence-corrected chi connectivity index (χ2v) is 6.23. The highest BCUT2D eigenvalue weighted by atomic mass is 32.1. The molecule has 3 rings (SSSR count). The van der Waals surface area contributed by atoms with Crippen molar-refractivity contribution in [3.63, 3.8) is 0 Å². The highest BCUT2D eigenvalue weighted by Gasteiger charge is 2.14. The second-order valence-electron chi connectivity index (χ2n) is 5.82. The van der Waals surface area contributed by atoms with Gasteiger partial charge in [-0.15, -0.1) is 0 Å². The molecule has 1 heterocycles. The Bertz CT molecular complexity index is 1010. The molecule has 0 radical (unpaired) electrons. The summed E-state index contributed by atoms with van der Waals surface area (Å²) in [5.41, 5.74) is 2.57. The molecule has 6 nitrogen and oxygen atoms in total. The molecule has 3 N–H and O–H groups in total. The van der Waals surface area contributed by atoms with E-state index >= 15 is 0 Å². The fourth-order valence-electron chi connectivity index (χ4n) is 2.39. The zero-order valence-electron chi connectivity index (χ0n) is 14.4. The van der Waals surface area contributed by atoms with E-state index in [4.69, 9.17) is 21.7 Å². The average Bonchev–Trinajstić information content (AvgIpc) is 3.12. The SMILES string of the molecule is Cc1ccc(-c2ccc(C(=O)NC(=S)Nc3cccc(C(=O)O)c3)o2)cc1. The molecule has 0 saturated carbocycles. The normalized spacial score (nSPS) is 10.3. The zero-order valence-corrected chi connectivity index (χ0v) is 15.2.